The SMILES string of the molecule is CCCCc1oc2ccccc2c1C(N)=O. The molecule has 0 aliphatic carbocycles. The largest absolute Gasteiger partial charge is 0.460 e. The molecule has 1 aromatic heterocycles. The third kappa shape index (κ3) is 1.81. The first-order valence-electron chi connectivity index (χ1n) is 5.54. The molecular weight excluding hydrogens is 202 g/mol. The van der Waals surface area contributed by atoms with E-state index in [0.717, 1.165) is 36.0 Å². The Hall–Kier alpha value is -1.77. The first kappa shape index (κ1) is 10.7. The van der Waals surface area contributed by atoms with Gasteiger partial charge in [-0.25, -0.2) is 0 Å². The quantitative estimate of drug-likeness (QED) is 0.856. The van der Waals surface area contributed by atoms with Crippen LogP contribution in [0, 0.1) is 0 Å². The number of fused-ring (bicyclic) bond motifs is 1. The van der Waals surface area contributed by atoms with Crippen LogP contribution in [0.1, 0.15) is 35.9 Å². The van der Waals surface area contributed by atoms with Crippen molar-refractivity contribution in [3.05, 3.63) is 35.6 Å². The standard InChI is InChI=1S/C13H15NO2/c1-2-3-7-11-12(13(14)15)9-6-4-5-8-10(9)16-11/h4-6,8H,2-3,7H2,1H3,(H2,14,15). The lowest BCUT2D eigenvalue weighted by molar-refractivity contribution is 0.0999. The highest BCUT2D eigenvalue weighted by molar-refractivity contribution is 6.06. The molecule has 2 rings (SSSR count). The van der Waals surface area contributed by atoms with Gasteiger partial charge in [0, 0.05) is 11.8 Å². The zero-order valence-electron chi connectivity index (χ0n) is 9.32. The summed E-state index contributed by atoms with van der Waals surface area (Å²) in [4.78, 5) is 11.4. The fourth-order valence-corrected chi connectivity index (χ4v) is 1.88. The molecule has 2 aromatic rings. The second-order valence-corrected chi connectivity index (χ2v) is 3.86. The van der Waals surface area contributed by atoms with Crippen LogP contribution in [0.25, 0.3) is 11.0 Å². The topological polar surface area (TPSA) is 56.2 Å². The van der Waals surface area contributed by atoms with Gasteiger partial charge in [-0.1, -0.05) is 31.5 Å². The Labute approximate surface area is 94.2 Å². The minimum absolute atomic E-state index is 0.406. The second kappa shape index (κ2) is 4.39. The number of hydrogen-bond donors (Lipinski definition) is 1. The zero-order valence-corrected chi connectivity index (χ0v) is 9.32. The van der Waals surface area contributed by atoms with Crippen LogP contribution in [0.5, 0.6) is 0 Å². The number of benzene rings is 1. The fraction of sp³-hybridized carbons (Fsp3) is 0.308. The molecule has 16 heavy (non-hydrogen) atoms. The summed E-state index contributed by atoms with van der Waals surface area (Å²) in [6, 6.07) is 7.50. The number of para-hydroxylation sites is 1. The number of aryl methyl sites for hydroxylation is 1. The molecule has 0 atom stereocenters. The molecule has 0 saturated carbocycles. The Bertz CT molecular complexity index is 514. The van der Waals surface area contributed by atoms with Gasteiger partial charge < -0.3 is 10.2 Å². The number of rotatable bonds is 4. The van der Waals surface area contributed by atoms with Crippen molar-refractivity contribution in [2.75, 3.05) is 0 Å². The molecule has 0 fully saturated rings. The summed E-state index contributed by atoms with van der Waals surface area (Å²) in [5, 5.41) is 0.820. The summed E-state index contributed by atoms with van der Waals surface area (Å²) < 4.78 is 5.66. The molecule has 3 heteroatoms. The molecule has 84 valence electrons. The molecule has 0 spiro atoms. The van der Waals surface area contributed by atoms with Crippen molar-refractivity contribution in [2.24, 2.45) is 5.73 Å². The Morgan fingerprint density at radius 1 is 1.38 bits per heavy atom. The van der Waals surface area contributed by atoms with Gasteiger partial charge in [0.2, 0.25) is 0 Å². The first-order chi connectivity index (χ1) is 7.74. The van der Waals surface area contributed by atoms with Crippen molar-refractivity contribution in [1.29, 1.82) is 0 Å². The van der Waals surface area contributed by atoms with Gasteiger partial charge in [0.05, 0.1) is 5.56 Å². The van der Waals surface area contributed by atoms with Gasteiger partial charge in [0.25, 0.3) is 5.91 Å². The van der Waals surface area contributed by atoms with E-state index in [-0.39, 0.29) is 0 Å². The van der Waals surface area contributed by atoms with Gasteiger partial charge in [-0.15, -0.1) is 0 Å². The van der Waals surface area contributed by atoms with Crippen LogP contribution < -0.4 is 5.73 Å². The van der Waals surface area contributed by atoms with Gasteiger partial charge in [-0.05, 0) is 12.5 Å². The first-order valence-corrected chi connectivity index (χ1v) is 5.54. The molecule has 0 unspecified atom stereocenters. The summed E-state index contributed by atoms with van der Waals surface area (Å²) in [5.74, 6) is 0.312. The monoisotopic (exact) mass is 217 g/mol. The lowest BCUT2D eigenvalue weighted by Crippen LogP contribution is -2.12. The van der Waals surface area contributed by atoms with Gasteiger partial charge in [-0.3, -0.25) is 4.79 Å². The smallest absolute Gasteiger partial charge is 0.252 e. The molecule has 3 nitrogen and oxygen atoms in total. The van der Waals surface area contributed by atoms with Crippen LogP contribution in [0.4, 0.5) is 0 Å². The van der Waals surface area contributed by atoms with Crippen LogP contribution in [-0.4, -0.2) is 5.91 Å². The number of carbonyl (C=O) groups is 1. The minimum atomic E-state index is -0.406. The molecule has 1 heterocycles. The Morgan fingerprint density at radius 2 is 2.12 bits per heavy atom. The lowest BCUT2D eigenvalue weighted by Gasteiger charge is -1.97. The van der Waals surface area contributed by atoms with E-state index < -0.39 is 5.91 Å². The number of amides is 1. The van der Waals surface area contributed by atoms with Gasteiger partial charge in [-0.2, -0.15) is 0 Å². The van der Waals surface area contributed by atoms with E-state index in [4.69, 9.17) is 10.2 Å². The summed E-state index contributed by atoms with van der Waals surface area (Å²) in [7, 11) is 0. The Morgan fingerprint density at radius 3 is 2.81 bits per heavy atom. The van der Waals surface area contributed by atoms with Crippen molar-refractivity contribution in [1.82, 2.24) is 0 Å². The lowest BCUT2D eigenvalue weighted by atomic mass is 10.1. The van der Waals surface area contributed by atoms with Crippen molar-refractivity contribution in [3.8, 4) is 0 Å². The van der Waals surface area contributed by atoms with Crippen LogP contribution in [-0.2, 0) is 6.42 Å². The number of hydrogen-bond acceptors (Lipinski definition) is 2. The van der Waals surface area contributed by atoms with Crippen molar-refractivity contribution in [2.45, 2.75) is 26.2 Å². The summed E-state index contributed by atoms with van der Waals surface area (Å²) in [6.45, 7) is 2.10. The van der Waals surface area contributed by atoms with E-state index in [1.807, 2.05) is 24.3 Å². The minimum Gasteiger partial charge on any atom is -0.460 e. The number of furan rings is 1. The maximum absolute atomic E-state index is 11.4. The van der Waals surface area contributed by atoms with Gasteiger partial charge in [0.1, 0.15) is 11.3 Å². The normalized spacial score (nSPS) is 10.8. The molecule has 0 saturated heterocycles. The summed E-state index contributed by atoms with van der Waals surface area (Å²) >= 11 is 0. The average molecular weight is 217 g/mol. The van der Waals surface area contributed by atoms with Crippen LogP contribution >= 0.6 is 0 Å². The van der Waals surface area contributed by atoms with Crippen molar-refractivity contribution >= 4 is 16.9 Å². The molecule has 1 amide bonds. The highest BCUT2D eigenvalue weighted by Crippen LogP contribution is 2.26. The predicted octanol–water partition coefficient (Wildman–Crippen LogP) is 2.87. The predicted molar refractivity (Wildman–Crippen MR) is 63.3 cm³/mol. The van der Waals surface area contributed by atoms with Crippen molar-refractivity contribution < 1.29 is 9.21 Å². The van der Waals surface area contributed by atoms with Gasteiger partial charge >= 0.3 is 0 Å². The number of nitrogens with two attached hydrogens (primary N) is 1. The zero-order chi connectivity index (χ0) is 11.5. The highest BCUT2D eigenvalue weighted by Gasteiger charge is 2.17. The number of carbonyl (C=O) groups excluding carboxylic acids is 1. The molecule has 0 aliphatic rings. The van der Waals surface area contributed by atoms with E-state index in [9.17, 15) is 4.79 Å². The molecule has 0 aliphatic heterocycles. The van der Waals surface area contributed by atoms with Gasteiger partial charge in [0.15, 0.2) is 0 Å². The van der Waals surface area contributed by atoms with Crippen LogP contribution in [0.2, 0.25) is 0 Å². The Balaban J connectivity index is 2.54. The van der Waals surface area contributed by atoms with E-state index in [1.165, 1.54) is 0 Å². The maximum atomic E-state index is 11.4. The van der Waals surface area contributed by atoms with E-state index >= 15 is 0 Å². The average Bonchev–Trinajstić information content (AvgIpc) is 2.64. The fourth-order valence-electron chi connectivity index (χ4n) is 1.88. The maximum Gasteiger partial charge on any atom is 0.252 e. The molecule has 0 bridgehead atoms. The molecular formula is C13H15NO2. The van der Waals surface area contributed by atoms with Crippen LogP contribution in [0.15, 0.2) is 28.7 Å². The van der Waals surface area contributed by atoms with Crippen LogP contribution in [0.3, 0.4) is 0 Å². The highest BCUT2D eigenvalue weighted by atomic mass is 16.3. The third-order valence-corrected chi connectivity index (χ3v) is 2.67. The van der Waals surface area contributed by atoms with Crippen molar-refractivity contribution in [3.63, 3.8) is 0 Å². The molecule has 0 radical (unpaired) electrons. The van der Waals surface area contributed by atoms with E-state index in [2.05, 4.69) is 6.92 Å². The number of primary amides is 1. The summed E-state index contributed by atoms with van der Waals surface area (Å²) in [5.41, 5.74) is 6.68. The third-order valence-electron chi connectivity index (χ3n) is 2.67. The molecule has 1 aromatic carbocycles. The number of unbranched alkanes of at least 4 members (excludes halogenated alkanes) is 1. The van der Waals surface area contributed by atoms with E-state index in [0.29, 0.717) is 5.56 Å². The molecule has 2 N–H and O–H groups in total. The van der Waals surface area contributed by atoms with E-state index in [1.54, 1.807) is 0 Å². The Kier molecular flexibility index (Phi) is 2.95. The second-order valence-electron chi connectivity index (χ2n) is 3.86. The summed E-state index contributed by atoms with van der Waals surface area (Å²) in [6.07, 6.45) is 2.83.